The Kier molecular flexibility index (Phi) is 8.54. The minimum atomic E-state index is 0.0606. The van der Waals surface area contributed by atoms with Gasteiger partial charge in [-0.15, -0.1) is 0 Å². The maximum absolute atomic E-state index is 13.1. The summed E-state index contributed by atoms with van der Waals surface area (Å²) in [6.45, 7) is 8.85. The van der Waals surface area contributed by atoms with Gasteiger partial charge in [0.2, 0.25) is 11.8 Å². The third-order valence-corrected chi connectivity index (χ3v) is 6.14. The first-order valence-corrected chi connectivity index (χ1v) is 11.2. The van der Waals surface area contributed by atoms with E-state index in [0.717, 1.165) is 55.5 Å². The monoisotopic (exact) mass is 401 g/mol. The number of amides is 2. The molecule has 1 saturated carbocycles. The summed E-state index contributed by atoms with van der Waals surface area (Å²) < 4.78 is 0. The number of carbonyl (C=O) groups excluding carboxylic acids is 2. The van der Waals surface area contributed by atoms with Crippen molar-refractivity contribution in [2.45, 2.75) is 78.8 Å². The first kappa shape index (κ1) is 23.2. The topological polar surface area (TPSA) is 52.7 Å². The lowest BCUT2D eigenvalue weighted by molar-refractivity contribution is -0.138. The van der Waals surface area contributed by atoms with Crippen LogP contribution in [0.2, 0.25) is 0 Å². The smallest absolute Gasteiger partial charge is 0.227 e. The molecule has 1 N–H and O–H groups in total. The molecule has 0 radical (unpaired) electrons. The maximum atomic E-state index is 13.1. The Balaban J connectivity index is 2.27. The molecule has 2 amide bonds. The Bertz CT molecular complexity index is 689. The van der Waals surface area contributed by atoms with Crippen LogP contribution in [0.15, 0.2) is 18.2 Å². The molecule has 2 rings (SSSR count). The Morgan fingerprint density at radius 3 is 2.24 bits per heavy atom. The quantitative estimate of drug-likeness (QED) is 0.630. The van der Waals surface area contributed by atoms with Gasteiger partial charge in [0.15, 0.2) is 0 Å². The van der Waals surface area contributed by atoms with Gasteiger partial charge >= 0.3 is 0 Å². The van der Waals surface area contributed by atoms with Gasteiger partial charge < -0.3 is 15.1 Å². The molecule has 0 atom stereocenters. The van der Waals surface area contributed by atoms with Crippen LogP contribution in [0.25, 0.3) is 0 Å². The molecule has 29 heavy (non-hydrogen) atoms. The van der Waals surface area contributed by atoms with Gasteiger partial charge in [-0.05, 0) is 63.3 Å². The number of benzene rings is 1. The molecule has 0 spiro atoms. The Hall–Kier alpha value is -2.04. The lowest BCUT2D eigenvalue weighted by Gasteiger charge is -2.32. The predicted molar refractivity (Wildman–Crippen MR) is 121 cm³/mol. The van der Waals surface area contributed by atoms with Crippen LogP contribution < -0.4 is 10.2 Å². The number of hydrogen-bond acceptors (Lipinski definition) is 3. The summed E-state index contributed by atoms with van der Waals surface area (Å²) in [7, 11) is 4.02. The Morgan fingerprint density at radius 1 is 1.10 bits per heavy atom. The van der Waals surface area contributed by atoms with Crippen molar-refractivity contribution in [2.75, 3.05) is 24.3 Å². The van der Waals surface area contributed by atoms with Crippen molar-refractivity contribution in [3.63, 3.8) is 0 Å². The molecule has 1 fully saturated rings. The Labute approximate surface area is 176 Å². The van der Waals surface area contributed by atoms with Gasteiger partial charge in [-0.25, -0.2) is 0 Å². The van der Waals surface area contributed by atoms with Crippen molar-refractivity contribution in [1.29, 1.82) is 0 Å². The van der Waals surface area contributed by atoms with Gasteiger partial charge in [0, 0.05) is 49.9 Å². The molecule has 162 valence electrons. The van der Waals surface area contributed by atoms with E-state index in [0.29, 0.717) is 6.54 Å². The van der Waals surface area contributed by atoms with E-state index in [1.807, 2.05) is 37.2 Å². The van der Waals surface area contributed by atoms with E-state index in [-0.39, 0.29) is 29.7 Å². The molecule has 5 nitrogen and oxygen atoms in total. The minimum absolute atomic E-state index is 0.0606. The van der Waals surface area contributed by atoms with Crippen LogP contribution in [0.1, 0.15) is 71.8 Å². The largest absolute Gasteiger partial charge is 0.377 e. The second-order valence-electron chi connectivity index (χ2n) is 8.78. The molecule has 1 aliphatic carbocycles. The molecule has 1 aliphatic rings. The van der Waals surface area contributed by atoms with Gasteiger partial charge in [0.05, 0.1) is 0 Å². The molecule has 5 heteroatoms. The highest BCUT2D eigenvalue weighted by Crippen LogP contribution is 2.29. The number of rotatable bonds is 9. The van der Waals surface area contributed by atoms with Gasteiger partial charge in [0.25, 0.3) is 0 Å². The van der Waals surface area contributed by atoms with Crippen molar-refractivity contribution in [1.82, 2.24) is 4.90 Å². The Morgan fingerprint density at radius 2 is 1.72 bits per heavy atom. The molecule has 0 unspecified atom stereocenters. The summed E-state index contributed by atoms with van der Waals surface area (Å²) in [5.74, 6) is 0.538. The number of carbonyl (C=O) groups is 2. The zero-order valence-electron chi connectivity index (χ0n) is 19.1. The zero-order chi connectivity index (χ0) is 21.6. The lowest BCUT2D eigenvalue weighted by Crippen LogP contribution is -2.40. The van der Waals surface area contributed by atoms with Crippen molar-refractivity contribution >= 4 is 23.2 Å². The molecular weight excluding hydrogens is 362 g/mol. The van der Waals surface area contributed by atoms with E-state index in [9.17, 15) is 9.59 Å². The van der Waals surface area contributed by atoms with E-state index in [1.54, 1.807) is 0 Å². The molecule has 0 aromatic heterocycles. The van der Waals surface area contributed by atoms with Crippen LogP contribution >= 0.6 is 0 Å². The fourth-order valence-corrected chi connectivity index (χ4v) is 4.23. The second-order valence-corrected chi connectivity index (χ2v) is 8.78. The van der Waals surface area contributed by atoms with Crippen molar-refractivity contribution in [3.8, 4) is 0 Å². The summed E-state index contributed by atoms with van der Waals surface area (Å²) in [6.07, 6.45) is 5.97. The van der Waals surface area contributed by atoms with Gasteiger partial charge in [0.1, 0.15) is 0 Å². The van der Waals surface area contributed by atoms with Gasteiger partial charge in [-0.1, -0.05) is 26.7 Å². The number of hydrogen-bond donors (Lipinski definition) is 1. The average molecular weight is 402 g/mol. The highest BCUT2D eigenvalue weighted by atomic mass is 16.2. The lowest BCUT2D eigenvalue weighted by atomic mass is 10.00. The van der Waals surface area contributed by atoms with Crippen molar-refractivity contribution in [3.05, 3.63) is 23.8 Å². The summed E-state index contributed by atoms with van der Waals surface area (Å²) in [5.41, 5.74) is 2.96. The first-order valence-electron chi connectivity index (χ1n) is 11.2. The van der Waals surface area contributed by atoms with Gasteiger partial charge in [-0.2, -0.15) is 0 Å². The summed E-state index contributed by atoms with van der Waals surface area (Å²) in [5, 5.41) is 3.11. The number of nitrogens with one attached hydrogen (secondary N) is 1. The molecule has 1 aromatic carbocycles. The molecular formula is C24H39N3O2. The van der Waals surface area contributed by atoms with Crippen LogP contribution in [0, 0.1) is 11.8 Å². The molecule has 0 saturated heterocycles. The van der Waals surface area contributed by atoms with Crippen molar-refractivity contribution < 1.29 is 9.59 Å². The van der Waals surface area contributed by atoms with Crippen LogP contribution in [0.3, 0.4) is 0 Å². The summed E-state index contributed by atoms with van der Waals surface area (Å²) in [6, 6.07) is 6.17. The first-order chi connectivity index (χ1) is 13.8. The van der Waals surface area contributed by atoms with E-state index in [4.69, 9.17) is 0 Å². The van der Waals surface area contributed by atoms with Crippen LogP contribution in [-0.2, 0) is 16.1 Å². The standard InChI is InChI=1S/C24H39N3O2/c1-7-18(8-2)24(29)27(17(3)4)16-20-15-21(13-14-22(20)26(5)6)25-23(28)19-11-9-10-12-19/h13-15,17-19H,7-12,16H2,1-6H3,(H,25,28). The van der Waals surface area contributed by atoms with E-state index >= 15 is 0 Å². The summed E-state index contributed by atoms with van der Waals surface area (Å²) >= 11 is 0. The SMILES string of the molecule is CCC(CC)C(=O)N(Cc1cc(NC(=O)C2CCCC2)ccc1N(C)C)C(C)C. The highest BCUT2D eigenvalue weighted by molar-refractivity contribution is 5.93. The normalized spacial score (nSPS) is 14.5. The number of nitrogens with zero attached hydrogens (tertiary/aromatic N) is 2. The van der Waals surface area contributed by atoms with Crippen LogP contribution in [-0.4, -0.2) is 36.9 Å². The van der Waals surface area contributed by atoms with Crippen molar-refractivity contribution in [2.24, 2.45) is 11.8 Å². The molecule has 0 bridgehead atoms. The highest BCUT2D eigenvalue weighted by Gasteiger charge is 2.26. The minimum Gasteiger partial charge on any atom is -0.377 e. The fraction of sp³-hybridized carbons (Fsp3) is 0.667. The molecule has 0 aliphatic heterocycles. The molecule has 0 heterocycles. The zero-order valence-corrected chi connectivity index (χ0v) is 19.1. The van der Waals surface area contributed by atoms with E-state index in [2.05, 4.69) is 37.9 Å². The van der Waals surface area contributed by atoms with Crippen LogP contribution in [0.4, 0.5) is 11.4 Å². The second kappa shape index (κ2) is 10.7. The predicted octanol–water partition coefficient (Wildman–Crippen LogP) is 5.05. The van der Waals surface area contributed by atoms with Gasteiger partial charge in [-0.3, -0.25) is 9.59 Å². The maximum Gasteiger partial charge on any atom is 0.227 e. The van der Waals surface area contributed by atoms with Crippen LogP contribution in [0.5, 0.6) is 0 Å². The number of anilines is 2. The average Bonchev–Trinajstić information content (AvgIpc) is 3.21. The summed E-state index contributed by atoms with van der Waals surface area (Å²) in [4.78, 5) is 29.7. The third kappa shape index (κ3) is 5.97. The fourth-order valence-electron chi connectivity index (χ4n) is 4.23. The third-order valence-electron chi connectivity index (χ3n) is 6.14. The molecule has 1 aromatic rings. The van der Waals surface area contributed by atoms with E-state index in [1.165, 1.54) is 0 Å². The van der Waals surface area contributed by atoms with E-state index < -0.39 is 0 Å².